The number of aryl methyl sites for hydroxylation is 1. The Hall–Kier alpha value is -1.28. The maximum Gasteiger partial charge on any atom is 0.135 e. The molecule has 0 bridgehead atoms. The van der Waals surface area contributed by atoms with E-state index < -0.39 is 0 Å². The third-order valence-corrected chi connectivity index (χ3v) is 2.59. The van der Waals surface area contributed by atoms with Gasteiger partial charge in [0.25, 0.3) is 0 Å². The first-order chi connectivity index (χ1) is 6.72. The van der Waals surface area contributed by atoms with Crippen molar-refractivity contribution < 1.29 is 9.21 Å². The van der Waals surface area contributed by atoms with Crippen LogP contribution in [0, 0.1) is 6.92 Å². The first kappa shape index (κ1) is 9.28. The highest BCUT2D eigenvalue weighted by molar-refractivity contribution is 6.36. The average Bonchev–Trinajstić information content (AvgIpc) is 2.52. The number of carbonyl (C=O) groups is 1. The Balaban J connectivity index is 2.67. The highest BCUT2D eigenvalue weighted by Crippen LogP contribution is 2.29. The zero-order valence-corrected chi connectivity index (χ0v) is 8.47. The second-order valence-electron chi connectivity index (χ2n) is 3.18. The number of aldehydes is 1. The summed E-state index contributed by atoms with van der Waals surface area (Å²) in [7, 11) is 0. The maximum absolute atomic E-state index is 10.4. The van der Waals surface area contributed by atoms with E-state index in [0.717, 1.165) is 28.6 Å². The number of halogens is 1. The molecular formula is C11H9ClO2. The lowest BCUT2D eigenvalue weighted by Crippen LogP contribution is -1.86. The standard InChI is InChI=1S/C11H9ClO2/c1-7-6-9-10(14-7)3-2-8(4-5-13)11(9)12/h2-3,5-6H,4H2,1H3. The molecule has 0 spiro atoms. The lowest BCUT2D eigenvalue weighted by molar-refractivity contribution is -0.107. The summed E-state index contributed by atoms with van der Waals surface area (Å²) in [6, 6.07) is 5.54. The molecule has 0 unspecified atom stereocenters. The molecule has 2 nitrogen and oxygen atoms in total. The summed E-state index contributed by atoms with van der Waals surface area (Å²) in [6.07, 6.45) is 1.19. The fraction of sp³-hybridized carbons (Fsp3) is 0.182. The minimum Gasteiger partial charge on any atom is -0.461 e. The summed E-state index contributed by atoms with van der Waals surface area (Å²) in [4.78, 5) is 10.4. The van der Waals surface area contributed by atoms with Crippen molar-refractivity contribution in [2.24, 2.45) is 0 Å². The van der Waals surface area contributed by atoms with Crippen LogP contribution in [-0.2, 0) is 11.2 Å². The van der Waals surface area contributed by atoms with E-state index in [1.165, 1.54) is 0 Å². The predicted molar refractivity (Wildman–Crippen MR) is 55.7 cm³/mol. The summed E-state index contributed by atoms with van der Waals surface area (Å²) in [5.41, 5.74) is 1.61. The zero-order valence-electron chi connectivity index (χ0n) is 7.71. The van der Waals surface area contributed by atoms with Crippen molar-refractivity contribution in [3.63, 3.8) is 0 Å². The van der Waals surface area contributed by atoms with E-state index in [2.05, 4.69) is 0 Å². The van der Waals surface area contributed by atoms with Crippen LogP contribution in [0.3, 0.4) is 0 Å². The Morgan fingerprint density at radius 1 is 1.50 bits per heavy atom. The summed E-state index contributed by atoms with van der Waals surface area (Å²) in [6.45, 7) is 1.87. The highest BCUT2D eigenvalue weighted by atomic mass is 35.5. The predicted octanol–water partition coefficient (Wildman–Crippen LogP) is 3.14. The molecule has 1 aromatic heterocycles. The van der Waals surface area contributed by atoms with Gasteiger partial charge in [-0.1, -0.05) is 17.7 Å². The lowest BCUT2D eigenvalue weighted by atomic mass is 10.1. The number of benzene rings is 1. The first-order valence-electron chi connectivity index (χ1n) is 4.33. The molecule has 0 N–H and O–H groups in total. The van der Waals surface area contributed by atoms with Gasteiger partial charge in [0.1, 0.15) is 17.6 Å². The van der Waals surface area contributed by atoms with E-state index >= 15 is 0 Å². The summed E-state index contributed by atoms with van der Waals surface area (Å²) in [5.74, 6) is 0.824. The minimum atomic E-state index is 0.346. The molecule has 0 atom stereocenters. The number of rotatable bonds is 2. The highest BCUT2D eigenvalue weighted by Gasteiger charge is 2.08. The smallest absolute Gasteiger partial charge is 0.135 e. The van der Waals surface area contributed by atoms with Crippen molar-refractivity contribution in [2.45, 2.75) is 13.3 Å². The molecule has 2 rings (SSSR count). The Morgan fingerprint density at radius 2 is 2.29 bits per heavy atom. The van der Waals surface area contributed by atoms with Gasteiger partial charge in [-0.2, -0.15) is 0 Å². The van der Waals surface area contributed by atoms with Crippen LogP contribution in [-0.4, -0.2) is 6.29 Å². The Bertz CT molecular complexity index is 485. The molecule has 3 heteroatoms. The summed E-state index contributed by atoms with van der Waals surface area (Å²) >= 11 is 6.11. The first-order valence-corrected chi connectivity index (χ1v) is 4.71. The third-order valence-electron chi connectivity index (χ3n) is 2.14. The van der Waals surface area contributed by atoms with Crippen molar-refractivity contribution in [1.82, 2.24) is 0 Å². The van der Waals surface area contributed by atoms with E-state index in [1.807, 2.05) is 25.1 Å². The monoisotopic (exact) mass is 208 g/mol. The van der Waals surface area contributed by atoms with E-state index in [0.29, 0.717) is 11.4 Å². The average molecular weight is 209 g/mol. The lowest BCUT2D eigenvalue weighted by Gasteiger charge is -1.99. The molecule has 2 aromatic rings. The molecule has 72 valence electrons. The molecule has 0 saturated heterocycles. The molecule has 0 aliphatic carbocycles. The van der Waals surface area contributed by atoms with E-state index in [-0.39, 0.29) is 0 Å². The molecule has 1 aromatic carbocycles. The van der Waals surface area contributed by atoms with Crippen molar-refractivity contribution in [3.8, 4) is 0 Å². The van der Waals surface area contributed by atoms with Gasteiger partial charge >= 0.3 is 0 Å². The number of fused-ring (bicyclic) bond motifs is 1. The van der Waals surface area contributed by atoms with Crippen molar-refractivity contribution >= 4 is 28.9 Å². The van der Waals surface area contributed by atoms with Crippen LogP contribution < -0.4 is 0 Å². The molecule has 0 amide bonds. The van der Waals surface area contributed by atoms with E-state index in [4.69, 9.17) is 16.0 Å². The fourth-order valence-electron chi connectivity index (χ4n) is 1.50. The van der Waals surface area contributed by atoms with Gasteiger partial charge in [0, 0.05) is 11.8 Å². The number of hydrogen-bond acceptors (Lipinski definition) is 2. The fourth-order valence-corrected chi connectivity index (χ4v) is 1.79. The van der Waals surface area contributed by atoms with Crippen LogP contribution >= 0.6 is 11.6 Å². The van der Waals surface area contributed by atoms with Gasteiger partial charge in [-0.05, 0) is 24.6 Å². The van der Waals surface area contributed by atoms with Crippen LogP contribution in [0.4, 0.5) is 0 Å². The van der Waals surface area contributed by atoms with Gasteiger partial charge in [-0.15, -0.1) is 0 Å². The van der Waals surface area contributed by atoms with Gasteiger partial charge in [-0.25, -0.2) is 0 Å². The number of carbonyl (C=O) groups excluding carboxylic acids is 1. The Morgan fingerprint density at radius 3 is 3.00 bits per heavy atom. The van der Waals surface area contributed by atoms with Gasteiger partial charge < -0.3 is 9.21 Å². The van der Waals surface area contributed by atoms with Crippen LogP contribution in [0.1, 0.15) is 11.3 Å². The molecule has 0 aliphatic heterocycles. The zero-order chi connectivity index (χ0) is 10.1. The largest absolute Gasteiger partial charge is 0.461 e. The maximum atomic E-state index is 10.4. The van der Waals surface area contributed by atoms with Gasteiger partial charge in [0.2, 0.25) is 0 Å². The summed E-state index contributed by atoms with van der Waals surface area (Å²) in [5, 5.41) is 1.50. The van der Waals surface area contributed by atoms with E-state index in [9.17, 15) is 4.79 Å². The molecule has 0 radical (unpaired) electrons. The third kappa shape index (κ3) is 1.42. The molecule has 0 saturated carbocycles. The van der Waals surface area contributed by atoms with Gasteiger partial charge in [-0.3, -0.25) is 0 Å². The number of furan rings is 1. The van der Waals surface area contributed by atoms with Crippen LogP contribution in [0.25, 0.3) is 11.0 Å². The van der Waals surface area contributed by atoms with Crippen molar-refractivity contribution in [2.75, 3.05) is 0 Å². The quantitative estimate of drug-likeness (QED) is 0.710. The van der Waals surface area contributed by atoms with Gasteiger partial charge in [0.15, 0.2) is 0 Å². The second-order valence-corrected chi connectivity index (χ2v) is 3.56. The topological polar surface area (TPSA) is 30.2 Å². The molecule has 14 heavy (non-hydrogen) atoms. The molecule has 1 heterocycles. The van der Waals surface area contributed by atoms with Crippen molar-refractivity contribution in [1.29, 1.82) is 0 Å². The van der Waals surface area contributed by atoms with Crippen molar-refractivity contribution in [3.05, 3.63) is 34.5 Å². The number of hydrogen-bond donors (Lipinski definition) is 0. The van der Waals surface area contributed by atoms with Crippen LogP contribution in [0.5, 0.6) is 0 Å². The Labute approximate surface area is 86.5 Å². The molecule has 0 aliphatic rings. The Kier molecular flexibility index (Phi) is 2.30. The van der Waals surface area contributed by atoms with Gasteiger partial charge in [0.05, 0.1) is 5.02 Å². The normalized spacial score (nSPS) is 10.7. The SMILES string of the molecule is Cc1cc2c(Cl)c(CC=O)ccc2o1. The molecule has 0 fully saturated rings. The summed E-state index contributed by atoms with van der Waals surface area (Å²) < 4.78 is 5.41. The van der Waals surface area contributed by atoms with E-state index in [1.54, 1.807) is 0 Å². The minimum absolute atomic E-state index is 0.346. The molecular weight excluding hydrogens is 200 g/mol. The second kappa shape index (κ2) is 3.46. The van der Waals surface area contributed by atoms with Crippen LogP contribution in [0.2, 0.25) is 5.02 Å². The van der Waals surface area contributed by atoms with Crippen LogP contribution in [0.15, 0.2) is 22.6 Å².